The number of rotatable bonds is 6. The molecular weight excluding hydrogens is 384 g/mol. The van der Waals surface area contributed by atoms with Crippen molar-refractivity contribution < 1.29 is 14.3 Å². The minimum Gasteiger partial charge on any atom is -0.495 e. The van der Waals surface area contributed by atoms with Gasteiger partial charge < -0.3 is 14.0 Å². The number of fused-ring (bicyclic) bond motifs is 1. The number of carbonyl (C=O) groups is 1. The van der Waals surface area contributed by atoms with Crippen LogP contribution in [0.1, 0.15) is 43.6 Å². The molecule has 0 unspecified atom stereocenters. The van der Waals surface area contributed by atoms with Crippen LogP contribution < -0.4 is 9.54 Å². The lowest BCUT2D eigenvalue weighted by molar-refractivity contribution is 0.0996. The van der Waals surface area contributed by atoms with Gasteiger partial charge in [0.15, 0.2) is 4.80 Å². The Hall–Kier alpha value is -2.44. The highest BCUT2D eigenvalue weighted by Crippen LogP contribution is 2.27. The van der Waals surface area contributed by atoms with Crippen LogP contribution in [0.5, 0.6) is 5.75 Å². The Morgan fingerprint density at radius 2 is 1.86 bits per heavy atom. The fourth-order valence-corrected chi connectivity index (χ4v) is 4.19. The van der Waals surface area contributed by atoms with Crippen molar-refractivity contribution in [3.05, 3.63) is 58.4 Å². The van der Waals surface area contributed by atoms with Gasteiger partial charge >= 0.3 is 0 Å². The van der Waals surface area contributed by atoms with Crippen molar-refractivity contribution in [3.8, 4) is 5.75 Å². The summed E-state index contributed by atoms with van der Waals surface area (Å²) < 4.78 is 14.1. The Balaban J connectivity index is 2.04. The average molecular weight is 413 g/mol. The monoisotopic (exact) mass is 412 g/mol. The molecule has 0 aliphatic rings. The largest absolute Gasteiger partial charge is 0.495 e. The molecule has 29 heavy (non-hydrogen) atoms. The van der Waals surface area contributed by atoms with Gasteiger partial charge in [0, 0.05) is 18.7 Å². The number of nitrogens with zero attached hydrogens (tertiary/aromatic N) is 2. The summed E-state index contributed by atoms with van der Waals surface area (Å²) >= 11 is 1.48. The van der Waals surface area contributed by atoms with E-state index in [2.05, 4.69) is 25.8 Å². The van der Waals surface area contributed by atoms with E-state index in [1.165, 1.54) is 16.9 Å². The molecule has 0 aliphatic carbocycles. The van der Waals surface area contributed by atoms with Gasteiger partial charge in [-0.05, 0) is 42.2 Å². The first-order valence-corrected chi connectivity index (χ1v) is 10.6. The SMILES string of the molecule is CCOCCn1c(=NC(=O)c2ccc(C(C)(C)C)cc2)sc2cccc(OC)c21. The second kappa shape index (κ2) is 8.93. The van der Waals surface area contributed by atoms with E-state index in [1.807, 2.05) is 54.0 Å². The number of para-hydroxylation sites is 1. The Bertz CT molecular complexity index is 1060. The highest BCUT2D eigenvalue weighted by atomic mass is 32.1. The molecule has 5 nitrogen and oxygen atoms in total. The molecular formula is C23H28N2O3S. The van der Waals surface area contributed by atoms with Crippen molar-refractivity contribution in [2.45, 2.75) is 39.7 Å². The normalized spacial score (nSPS) is 12.5. The lowest BCUT2D eigenvalue weighted by Crippen LogP contribution is -2.20. The van der Waals surface area contributed by atoms with E-state index < -0.39 is 0 Å². The number of benzene rings is 2. The predicted octanol–water partition coefficient (Wildman–Crippen LogP) is 4.79. The van der Waals surface area contributed by atoms with Crippen LogP contribution in [0.4, 0.5) is 0 Å². The maximum atomic E-state index is 12.9. The van der Waals surface area contributed by atoms with Crippen LogP contribution in [-0.2, 0) is 16.7 Å². The van der Waals surface area contributed by atoms with Crippen LogP contribution in [0, 0.1) is 0 Å². The first-order valence-electron chi connectivity index (χ1n) is 9.79. The molecule has 6 heteroatoms. The van der Waals surface area contributed by atoms with Crippen molar-refractivity contribution in [2.75, 3.05) is 20.3 Å². The Morgan fingerprint density at radius 1 is 1.14 bits per heavy atom. The zero-order valence-corrected chi connectivity index (χ0v) is 18.5. The van der Waals surface area contributed by atoms with E-state index in [0.717, 1.165) is 16.0 Å². The van der Waals surface area contributed by atoms with Gasteiger partial charge in [0.25, 0.3) is 5.91 Å². The summed E-state index contributed by atoms with van der Waals surface area (Å²) in [5.41, 5.74) is 2.75. The van der Waals surface area contributed by atoms with Gasteiger partial charge in [-0.15, -0.1) is 0 Å². The smallest absolute Gasteiger partial charge is 0.279 e. The summed E-state index contributed by atoms with van der Waals surface area (Å²) in [6.45, 7) is 10.2. The third-order valence-electron chi connectivity index (χ3n) is 4.74. The van der Waals surface area contributed by atoms with Gasteiger partial charge in [0.2, 0.25) is 0 Å². The average Bonchev–Trinajstić information content (AvgIpc) is 3.05. The number of methoxy groups -OCH3 is 1. The molecule has 0 fully saturated rings. The third-order valence-corrected chi connectivity index (χ3v) is 5.79. The van der Waals surface area contributed by atoms with Crippen LogP contribution in [0.15, 0.2) is 47.5 Å². The van der Waals surface area contributed by atoms with Crippen LogP contribution in [0.3, 0.4) is 0 Å². The minimum absolute atomic E-state index is 0.0447. The van der Waals surface area contributed by atoms with E-state index in [-0.39, 0.29) is 11.3 Å². The topological polar surface area (TPSA) is 52.8 Å². The van der Waals surface area contributed by atoms with Gasteiger partial charge in [-0.25, -0.2) is 0 Å². The zero-order chi connectivity index (χ0) is 21.0. The molecule has 1 amide bonds. The number of hydrogen-bond donors (Lipinski definition) is 0. The zero-order valence-electron chi connectivity index (χ0n) is 17.7. The molecule has 3 rings (SSSR count). The lowest BCUT2D eigenvalue weighted by atomic mass is 9.87. The molecule has 0 radical (unpaired) electrons. The highest BCUT2D eigenvalue weighted by molar-refractivity contribution is 7.16. The number of aromatic nitrogens is 1. The molecule has 154 valence electrons. The van der Waals surface area contributed by atoms with E-state index in [1.54, 1.807) is 7.11 Å². The molecule has 0 saturated carbocycles. The second-order valence-corrected chi connectivity index (χ2v) is 8.79. The molecule has 0 aliphatic heterocycles. The van der Waals surface area contributed by atoms with Crippen molar-refractivity contribution in [1.29, 1.82) is 0 Å². The minimum atomic E-state index is -0.249. The number of amides is 1. The first-order chi connectivity index (χ1) is 13.8. The van der Waals surface area contributed by atoms with Gasteiger partial charge in [0.1, 0.15) is 11.3 Å². The predicted molar refractivity (Wildman–Crippen MR) is 118 cm³/mol. The molecule has 0 atom stereocenters. The van der Waals surface area contributed by atoms with Crippen molar-refractivity contribution >= 4 is 27.5 Å². The summed E-state index contributed by atoms with van der Waals surface area (Å²) in [6, 6.07) is 13.6. The number of thiazole rings is 1. The third kappa shape index (κ3) is 4.77. The van der Waals surface area contributed by atoms with Crippen LogP contribution in [0.25, 0.3) is 10.2 Å². The van der Waals surface area contributed by atoms with E-state index in [0.29, 0.717) is 30.1 Å². The van der Waals surface area contributed by atoms with Crippen LogP contribution in [0.2, 0.25) is 0 Å². The summed E-state index contributed by atoms with van der Waals surface area (Å²) in [5.74, 6) is 0.514. The molecule has 0 bridgehead atoms. The maximum absolute atomic E-state index is 12.9. The quantitative estimate of drug-likeness (QED) is 0.547. The molecule has 2 aromatic carbocycles. The van der Waals surface area contributed by atoms with Gasteiger partial charge in [0.05, 0.1) is 18.4 Å². The van der Waals surface area contributed by atoms with Crippen molar-refractivity contribution in [3.63, 3.8) is 0 Å². The number of hydrogen-bond acceptors (Lipinski definition) is 4. The second-order valence-electron chi connectivity index (χ2n) is 7.78. The molecule has 0 spiro atoms. The molecule has 3 aromatic rings. The number of ether oxygens (including phenoxy) is 2. The van der Waals surface area contributed by atoms with Gasteiger partial charge in [-0.3, -0.25) is 4.79 Å². The summed E-state index contributed by atoms with van der Waals surface area (Å²) in [7, 11) is 1.65. The Kier molecular flexibility index (Phi) is 6.55. The molecule has 1 heterocycles. The fraction of sp³-hybridized carbons (Fsp3) is 0.391. The summed E-state index contributed by atoms with van der Waals surface area (Å²) in [4.78, 5) is 17.9. The Morgan fingerprint density at radius 3 is 2.48 bits per heavy atom. The van der Waals surface area contributed by atoms with E-state index >= 15 is 0 Å². The summed E-state index contributed by atoms with van der Waals surface area (Å²) in [6.07, 6.45) is 0. The fourth-order valence-electron chi connectivity index (χ4n) is 3.12. The van der Waals surface area contributed by atoms with Gasteiger partial charge in [-0.1, -0.05) is 50.3 Å². The maximum Gasteiger partial charge on any atom is 0.279 e. The van der Waals surface area contributed by atoms with E-state index in [9.17, 15) is 4.79 Å². The van der Waals surface area contributed by atoms with Crippen LogP contribution in [-0.4, -0.2) is 30.8 Å². The first kappa shape index (κ1) is 21.3. The standard InChI is InChI=1S/C23H28N2O3S/c1-6-28-15-14-25-20-18(27-5)8-7-9-19(20)29-22(25)24-21(26)16-10-12-17(13-11-16)23(2,3)4/h7-13H,6,14-15H2,1-5H3. The van der Waals surface area contributed by atoms with Gasteiger partial charge in [-0.2, -0.15) is 4.99 Å². The molecule has 0 saturated heterocycles. The van der Waals surface area contributed by atoms with E-state index in [4.69, 9.17) is 9.47 Å². The lowest BCUT2D eigenvalue weighted by Gasteiger charge is -2.18. The molecule has 1 aromatic heterocycles. The summed E-state index contributed by atoms with van der Waals surface area (Å²) in [5, 5.41) is 0. The highest BCUT2D eigenvalue weighted by Gasteiger charge is 2.15. The Labute approximate surface area is 175 Å². The van der Waals surface area contributed by atoms with Crippen molar-refractivity contribution in [2.24, 2.45) is 4.99 Å². The van der Waals surface area contributed by atoms with Crippen molar-refractivity contribution in [1.82, 2.24) is 4.57 Å². The van der Waals surface area contributed by atoms with Crippen LogP contribution >= 0.6 is 11.3 Å². The number of carbonyl (C=O) groups excluding carboxylic acids is 1. The molecule has 0 N–H and O–H groups in total.